The molecule has 0 radical (unpaired) electrons. The molecule has 0 saturated heterocycles. The third kappa shape index (κ3) is 2.96. The Morgan fingerprint density at radius 2 is 1.71 bits per heavy atom. The maximum atomic E-state index is 13.1. The Labute approximate surface area is 146 Å². The number of thiophene rings is 1. The molecular weight excluding hydrogens is 345 g/mol. The van der Waals surface area contributed by atoms with Gasteiger partial charge < -0.3 is 5.32 Å². The average Bonchev–Trinajstić information content (AvgIpc) is 3.02. The minimum atomic E-state index is -0.284. The van der Waals surface area contributed by atoms with Crippen LogP contribution in [0.25, 0.3) is 20.7 Å². The first-order chi connectivity index (χ1) is 11.7. The first kappa shape index (κ1) is 15.1. The van der Waals surface area contributed by atoms with E-state index in [-0.39, 0.29) is 11.1 Å². The van der Waals surface area contributed by atoms with Gasteiger partial charge in [0.15, 0.2) is 0 Å². The molecule has 0 aliphatic rings. The first-order valence-corrected chi connectivity index (χ1v) is 8.43. The molecule has 118 valence electrons. The monoisotopic (exact) mass is 355 g/mol. The van der Waals surface area contributed by atoms with Gasteiger partial charge in [0.25, 0.3) is 0 Å². The Kier molecular flexibility index (Phi) is 3.88. The van der Waals surface area contributed by atoms with Gasteiger partial charge in [-0.25, -0.2) is 9.37 Å². The molecular formula is C18H11ClFN3S. The Balaban J connectivity index is 1.80. The largest absolute Gasteiger partial charge is 0.340 e. The smallest absolute Gasteiger partial charge is 0.225 e. The van der Waals surface area contributed by atoms with Crippen molar-refractivity contribution in [3.8, 4) is 10.4 Å². The molecule has 0 bridgehead atoms. The molecule has 4 rings (SSSR count). The molecule has 24 heavy (non-hydrogen) atoms. The summed E-state index contributed by atoms with van der Waals surface area (Å²) in [5, 5.41) is 4.24. The van der Waals surface area contributed by atoms with Crippen LogP contribution in [0.15, 0.2) is 60.7 Å². The van der Waals surface area contributed by atoms with E-state index in [0.717, 1.165) is 26.3 Å². The summed E-state index contributed by atoms with van der Waals surface area (Å²) in [7, 11) is 0. The van der Waals surface area contributed by atoms with Crippen LogP contribution >= 0.6 is 22.9 Å². The van der Waals surface area contributed by atoms with Crippen molar-refractivity contribution in [1.82, 2.24) is 9.97 Å². The van der Waals surface area contributed by atoms with Crippen molar-refractivity contribution in [2.24, 2.45) is 0 Å². The van der Waals surface area contributed by atoms with E-state index in [0.29, 0.717) is 5.82 Å². The normalized spacial score (nSPS) is 10.9. The predicted molar refractivity (Wildman–Crippen MR) is 97.5 cm³/mol. The van der Waals surface area contributed by atoms with Gasteiger partial charge in [-0.05, 0) is 47.5 Å². The lowest BCUT2D eigenvalue weighted by Crippen LogP contribution is -1.95. The maximum absolute atomic E-state index is 13.1. The topological polar surface area (TPSA) is 37.8 Å². The van der Waals surface area contributed by atoms with Crippen LogP contribution < -0.4 is 5.32 Å². The van der Waals surface area contributed by atoms with Gasteiger partial charge >= 0.3 is 0 Å². The number of benzene rings is 2. The SMILES string of the molecule is Fc1ccc(Nc2nc(Cl)nc3sc(-c4ccccc4)cc23)cc1. The van der Waals surface area contributed by atoms with Gasteiger partial charge in [-0.3, -0.25) is 0 Å². The summed E-state index contributed by atoms with van der Waals surface area (Å²) in [6.07, 6.45) is 0. The van der Waals surface area contributed by atoms with Crippen LogP contribution in [0.5, 0.6) is 0 Å². The van der Waals surface area contributed by atoms with E-state index < -0.39 is 0 Å². The van der Waals surface area contributed by atoms with Crippen LogP contribution in [0.2, 0.25) is 5.28 Å². The highest BCUT2D eigenvalue weighted by atomic mass is 35.5. The average molecular weight is 356 g/mol. The molecule has 0 unspecified atom stereocenters. The quantitative estimate of drug-likeness (QED) is 0.465. The molecule has 4 aromatic rings. The van der Waals surface area contributed by atoms with Crippen LogP contribution in [-0.2, 0) is 0 Å². The van der Waals surface area contributed by atoms with E-state index in [4.69, 9.17) is 11.6 Å². The molecule has 0 spiro atoms. The minimum Gasteiger partial charge on any atom is -0.340 e. The molecule has 6 heteroatoms. The molecule has 0 aliphatic carbocycles. The minimum absolute atomic E-state index is 0.175. The number of hydrogen-bond donors (Lipinski definition) is 1. The number of nitrogens with one attached hydrogen (secondary N) is 1. The summed E-state index contributed by atoms with van der Waals surface area (Å²) in [6.45, 7) is 0. The van der Waals surface area contributed by atoms with Crippen LogP contribution in [0.3, 0.4) is 0 Å². The Morgan fingerprint density at radius 3 is 2.46 bits per heavy atom. The molecule has 1 N–H and O–H groups in total. The number of halogens is 2. The lowest BCUT2D eigenvalue weighted by atomic mass is 10.2. The third-order valence-electron chi connectivity index (χ3n) is 3.53. The van der Waals surface area contributed by atoms with E-state index in [1.165, 1.54) is 12.1 Å². The maximum Gasteiger partial charge on any atom is 0.225 e. The van der Waals surface area contributed by atoms with Crippen LogP contribution in [0.1, 0.15) is 0 Å². The fourth-order valence-corrected chi connectivity index (χ4v) is 3.66. The number of fused-ring (bicyclic) bond motifs is 1. The number of anilines is 2. The molecule has 0 atom stereocenters. The molecule has 2 aromatic carbocycles. The van der Waals surface area contributed by atoms with Gasteiger partial charge in [0, 0.05) is 10.6 Å². The Morgan fingerprint density at radius 1 is 0.958 bits per heavy atom. The van der Waals surface area contributed by atoms with Gasteiger partial charge in [0.2, 0.25) is 5.28 Å². The molecule has 3 nitrogen and oxygen atoms in total. The van der Waals surface area contributed by atoms with Crippen LogP contribution in [0.4, 0.5) is 15.9 Å². The van der Waals surface area contributed by atoms with Gasteiger partial charge in [-0.2, -0.15) is 4.98 Å². The van der Waals surface area contributed by atoms with E-state index >= 15 is 0 Å². The standard InChI is InChI=1S/C18H11ClFN3S/c19-18-22-16(21-13-8-6-12(20)7-9-13)14-10-15(24-17(14)23-18)11-4-2-1-3-5-11/h1-10H,(H,21,22,23). The second kappa shape index (κ2) is 6.19. The first-order valence-electron chi connectivity index (χ1n) is 7.24. The fraction of sp³-hybridized carbons (Fsp3) is 0. The van der Waals surface area contributed by atoms with Crippen molar-refractivity contribution in [2.75, 3.05) is 5.32 Å². The van der Waals surface area contributed by atoms with E-state index in [2.05, 4.69) is 15.3 Å². The molecule has 0 saturated carbocycles. The number of hydrogen-bond acceptors (Lipinski definition) is 4. The zero-order valence-corrected chi connectivity index (χ0v) is 13.9. The molecule has 2 heterocycles. The summed E-state index contributed by atoms with van der Waals surface area (Å²) in [4.78, 5) is 10.5. The molecule has 0 amide bonds. The van der Waals surface area contributed by atoms with Crippen molar-refractivity contribution >= 4 is 44.7 Å². The second-order valence-corrected chi connectivity index (χ2v) is 6.54. The Bertz CT molecular complexity index is 1000. The molecule has 2 aromatic heterocycles. The Hall–Kier alpha value is -2.50. The van der Waals surface area contributed by atoms with E-state index in [1.807, 2.05) is 36.4 Å². The van der Waals surface area contributed by atoms with Crippen molar-refractivity contribution in [3.63, 3.8) is 0 Å². The highest BCUT2D eigenvalue weighted by Gasteiger charge is 2.12. The highest BCUT2D eigenvalue weighted by Crippen LogP contribution is 2.36. The number of nitrogens with zero attached hydrogens (tertiary/aromatic N) is 2. The van der Waals surface area contributed by atoms with Gasteiger partial charge in [0.05, 0.1) is 5.39 Å². The van der Waals surface area contributed by atoms with Gasteiger partial charge in [0.1, 0.15) is 16.5 Å². The predicted octanol–water partition coefficient (Wildman–Crippen LogP) is 5.89. The van der Waals surface area contributed by atoms with E-state index in [9.17, 15) is 4.39 Å². The van der Waals surface area contributed by atoms with Crippen molar-refractivity contribution in [3.05, 3.63) is 71.8 Å². The number of aromatic nitrogens is 2. The van der Waals surface area contributed by atoms with Gasteiger partial charge in [-0.1, -0.05) is 30.3 Å². The van der Waals surface area contributed by atoms with Crippen molar-refractivity contribution in [2.45, 2.75) is 0 Å². The van der Waals surface area contributed by atoms with Crippen LogP contribution in [-0.4, -0.2) is 9.97 Å². The summed E-state index contributed by atoms with van der Waals surface area (Å²) in [6, 6.07) is 18.2. The summed E-state index contributed by atoms with van der Waals surface area (Å²) >= 11 is 7.61. The summed E-state index contributed by atoms with van der Waals surface area (Å²) in [5.41, 5.74) is 1.85. The molecule has 0 fully saturated rings. The second-order valence-electron chi connectivity index (χ2n) is 5.17. The summed E-state index contributed by atoms with van der Waals surface area (Å²) < 4.78 is 13.1. The van der Waals surface area contributed by atoms with Crippen molar-refractivity contribution in [1.29, 1.82) is 0 Å². The van der Waals surface area contributed by atoms with Crippen LogP contribution in [0, 0.1) is 5.82 Å². The zero-order chi connectivity index (χ0) is 16.5. The highest BCUT2D eigenvalue weighted by molar-refractivity contribution is 7.22. The third-order valence-corrected chi connectivity index (χ3v) is 4.78. The lowest BCUT2D eigenvalue weighted by molar-refractivity contribution is 0.628. The van der Waals surface area contributed by atoms with Gasteiger partial charge in [-0.15, -0.1) is 11.3 Å². The number of rotatable bonds is 3. The fourth-order valence-electron chi connectivity index (χ4n) is 2.41. The van der Waals surface area contributed by atoms with Crippen molar-refractivity contribution < 1.29 is 4.39 Å². The zero-order valence-electron chi connectivity index (χ0n) is 12.3. The van der Waals surface area contributed by atoms with E-state index in [1.54, 1.807) is 23.5 Å². The summed E-state index contributed by atoms with van der Waals surface area (Å²) in [5.74, 6) is 0.323. The molecule has 0 aliphatic heterocycles. The lowest BCUT2D eigenvalue weighted by Gasteiger charge is -2.06.